The lowest BCUT2D eigenvalue weighted by Gasteiger charge is -2.44. The molecule has 0 bridgehead atoms. The second-order valence-electron chi connectivity index (χ2n) is 7.27. The van der Waals surface area contributed by atoms with Crippen LogP contribution in [0.15, 0.2) is 24.3 Å². The molecule has 0 saturated carbocycles. The molecular weight excluding hydrogens is 300 g/mol. The molecule has 0 aliphatic carbocycles. The van der Waals surface area contributed by atoms with Gasteiger partial charge in [0.25, 0.3) is 0 Å². The molecule has 130 valence electrons. The molecule has 3 heterocycles. The number of urea groups is 1. The molecule has 3 saturated heterocycles. The van der Waals surface area contributed by atoms with Crippen molar-refractivity contribution in [1.82, 2.24) is 9.80 Å². The predicted molar refractivity (Wildman–Crippen MR) is 97.7 cm³/mol. The van der Waals surface area contributed by atoms with E-state index in [1.54, 1.807) is 0 Å². The third-order valence-electron chi connectivity index (χ3n) is 5.72. The van der Waals surface area contributed by atoms with Crippen molar-refractivity contribution in [3.8, 4) is 0 Å². The van der Waals surface area contributed by atoms with Crippen molar-refractivity contribution in [3.63, 3.8) is 0 Å². The van der Waals surface area contributed by atoms with Crippen LogP contribution < -0.4 is 10.2 Å². The predicted octanol–water partition coefficient (Wildman–Crippen LogP) is 2.99. The topological polar surface area (TPSA) is 38.8 Å². The van der Waals surface area contributed by atoms with Gasteiger partial charge in [-0.1, -0.05) is 18.6 Å². The lowest BCUT2D eigenvalue weighted by molar-refractivity contribution is 0.0678. The van der Waals surface area contributed by atoms with Crippen molar-refractivity contribution >= 4 is 17.4 Å². The van der Waals surface area contributed by atoms with Crippen LogP contribution in [0.2, 0.25) is 0 Å². The summed E-state index contributed by atoms with van der Waals surface area (Å²) in [7, 11) is 0. The third-order valence-corrected chi connectivity index (χ3v) is 5.72. The van der Waals surface area contributed by atoms with Crippen LogP contribution in [0.1, 0.15) is 32.1 Å². The lowest BCUT2D eigenvalue weighted by Crippen LogP contribution is -2.56. The minimum Gasteiger partial charge on any atom is -0.370 e. The first-order chi connectivity index (χ1) is 11.8. The summed E-state index contributed by atoms with van der Waals surface area (Å²) < 4.78 is 0. The first kappa shape index (κ1) is 15.8. The summed E-state index contributed by atoms with van der Waals surface area (Å²) >= 11 is 0. The van der Waals surface area contributed by atoms with Gasteiger partial charge in [-0.15, -0.1) is 0 Å². The largest absolute Gasteiger partial charge is 0.370 e. The van der Waals surface area contributed by atoms with Gasteiger partial charge in [0.1, 0.15) is 0 Å². The minimum absolute atomic E-state index is 0.0619. The summed E-state index contributed by atoms with van der Waals surface area (Å²) in [6, 6.07) is 8.85. The van der Waals surface area contributed by atoms with Crippen molar-refractivity contribution in [2.45, 2.75) is 38.1 Å². The number of hydrogen-bond acceptors (Lipinski definition) is 3. The fraction of sp³-hybridized carbons (Fsp3) is 0.632. The second kappa shape index (κ2) is 7.01. The monoisotopic (exact) mass is 328 g/mol. The van der Waals surface area contributed by atoms with Crippen LogP contribution in [0.4, 0.5) is 16.2 Å². The molecule has 4 rings (SSSR count). The number of piperazine rings is 1. The number of fused-ring (bicyclic) bond motifs is 1. The van der Waals surface area contributed by atoms with E-state index in [1.807, 2.05) is 17.0 Å². The Morgan fingerprint density at radius 1 is 0.958 bits per heavy atom. The van der Waals surface area contributed by atoms with Crippen molar-refractivity contribution in [2.24, 2.45) is 0 Å². The second-order valence-corrected chi connectivity index (χ2v) is 7.27. The van der Waals surface area contributed by atoms with E-state index < -0.39 is 0 Å². The van der Waals surface area contributed by atoms with E-state index in [2.05, 4.69) is 27.2 Å². The molecule has 5 heteroatoms. The standard InChI is InChI=1S/C19H28N4O/c24-19(23-14-13-21-10-4-3-7-16(21)15-23)20-17-8-1-2-9-18(17)22-11-5-6-12-22/h1-2,8-9,16H,3-7,10-15H2,(H,20,24). The fourth-order valence-electron chi connectivity index (χ4n) is 4.35. The number of hydrogen-bond donors (Lipinski definition) is 1. The summed E-state index contributed by atoms with van der Waals surface area (Å²) in [6.45, 7) is 6.12. The highest BCUT2D eigenvalue weighted by molar-refractivity contribution is 5.93. The summed E-state index contributed by atoms with van der Waals surface area (Å²) in [5, 5.41) is 3.18. The lowest BCUT2D eigenvalue weighted by atomic mass is 10.00. The van der Waals surface area contributed by atoms with Crippen LogP contribution in [0.25, 0.3) is 0 Å². The number of carbonyl (C=O) groups excluding carboxylic acids is 1. The Labute approximate surface area is 144 Å². The summed E-state index contributed by atoms with van der Waals surface area (Å²) in [6.07, 6.45) is 6.33. The van der Waals surface area contributed by atoms with E-state index >= 15 is 0 Å². The van der Waals surface area contributed by atoms with E-state index in [0.29, 0.717) is 6.04 Å². The highest BCUT2D eigenvalue weighted by atomic mass is 16.2. The third kappa shape index (κ3) is 3.22. The van der Waals surface area contributed by atoms with E-state index in [-0.39, 0.29) is 6.03 Å². The Bertz CT molecular complexity index is 584. The van der Waals surface area contributed by atoms with Gasteiger partial charge >= 0.3 is 6.03 Å². The van der Waals surface area contributed by atoms with Crippen LogP contribution in [0.5, 0.6) is 0 Å². The molecule has 24 heavy (non-hydrogen) atoms. The van der Waals surface area contributed by atoms with Crippen molar-refractivity contribution in [2.75, 3.05) is 49.5 Å². The first-order valence-corrected chi connectivity index (χ1v) is 9.45. The molecule has 0 spiro atoms. The number of anilines is 2. The van der Waals surface area contributed by atoms with Gasteiger partial charge in [-0.05, 0) is 44.4 Å². The van der Waals surface area contributed by atoms with Gasteiger partial charge in [-0.2, -0.15) is 0 Å². The van der Waals surface area contributed by atoms with E-state index in [0.717, 1.165) is 38.4 Å². The maximum atomic E-state index is 12.8. The van der Waals surface area contributed by atoms with Crippen molar-refractivity contribution in [3.05, 3.63) is 24.3 Å². The van der Waals surface area contributed by atoms with Gasteiger partial charge in [0, 0.05) is 38.8 Å². The normalized spacial score (nSPS) is 24.8. The van der Waals surface area contributed by atoms with Gasteiger partial charge in [0.2, 0.25) is 0 Å². The minimum atomic E-state index is 0.0619. The Morgan fingerprint density at radius 3 is 2.62 bits per heavy atom. The number of nitrogens with one attached hydrogen (secondary N) is 1. The molecule has 1 atom stereocenters. The molecule has 1 N–H and O–H groups in total. The molecule has 3 fully saturated rings. The summed E-state index contributed by atoms with van der Waals surface area (Å²) in [4.78, 5) is 19.7. The number of nitrogens with zero attached hydrogens (tertiary/aromatic N) is 3. The van der Waals surface area contributed by atoms with Crippen LogP contribution >= 0.6 is 0 Å². The molecule has 1 aromatic carbocycles. The zero-order valence-corrected chi connectivity index (χ0v) is 14.4. The number of carbonyl (C=O) groups is 1. The fourth-order valence-corrected chi connectivity index (χ4v) is 4.35. The van der Waals surface area contributed by atoms with Crippen molar-refractivity contribution in [1.29, 1.82) is 0 Å². The zero-order chi connectivity index (χ0) is 16.4. The van der Waals surface area contributed by atoms with E-state index in [1.165, 1.54) is 44.3 Å². The number of rotatable bonds is 2. The van der Waals surface area contributed by atoms with Gasteiger partial charge in [-0.3, -0.25) is 4.90 Å². The maximum Gasteiger partial charge on any atom is 0.322 e. The quantitative estimate of drug-likeness (QED) is 0.907. The highest BCUT2D eigenvalue weighted by Crippen LogP contribution is 2.29. The Kier molecular flexibility index (Phi) is 4.60. The number of amides is 2. The molecular formula is C19H28N4O. The molecule has 2 amide bonds. The smallest absolute Gasteiger partial charge is 0.322 e. The number of benzene rings is 1. The molecule has 3 aliphatic rings. The van der Waals surface area contributed by atoms with Crippen LogP contribution in [-0.2, 0) is 0 Å². The summed E-state index contributed by atoms with van der Waals surface area (Å²) in [5.41, 5.74) is 2.12. The first-order valence-electron chi connectivity index (χ1n) is 9.45. The number of para-hydroxylation sites is 2. The summed E-state index contributed by atoms with van der Waals surface area (Å²) in [5.74, 6) is 0. The van der Waals surface area contributed by atoms with Gasteiger partial charge in [-0.25, -0.2) is 4.79 Å². The molecule has 1 unspecified atom stereocenters. The Hall–Kier alpha value is -1.75. The maximum absolute atomic E-state index is 12.8. The average Bonchev–Trinajstić information content (AvgIpc) is 3.16. The molecule has 0 radical (unpaired) electrons. The molecule has 0 aromatic heterocycles. The molecule has 5 nitrogen and oxygen atoms in total. The van der Waals surface area contributed by atoms with Gasteiger partial charge in [0.05, 0.1) is 11.4 Å². The van der Waals surface area contributed by atoms with Gasteiger partial charge in [0.15, 0.2) is 0 Å². The van der Waals surface area contributed by atoms with Crippen molar-refractivity contribution < 1.29 is 4.79 Å². The Morgan fingerprint density at radius 2 is 1.75 bits per heavy atom. The van der Waals surface area contributed by atoms with Crippen LogP contribution in [-0.4, -0.2) is 61.1 Å². The molecule has 3 aliphatic heterocycles. The van der Waals surface area contributed by atoms with Crippen LogP contribution in [0, 0.1) is 0 Å². The zero-order valence-electron chi connectivity index (χ0n) is 14.4. The highest BCUT2D eigenvalue weighted by Gasteiger charge is 2.31. The van der Waals surface area contributed by atoms with Crippen LogP contribution in [0.3, 0.4) is 0 Å². The van der Waals surface area contributed by atoms with Gasteiger partial charge < -0.3 is 15.1 Å². The molecule has 1 aromatic rings. The average molecular weight is 328 g/mol. The Balaban J connectivity index is 1.43. The van der Waals surface area contributed by atoms with E-state index in [4.69, 9.17) is 0 Å². The number of piperidine rings is 1. The van der Waals surface area contributed by atoms with E-state index in [9.17, 15) is 4.79 Å². The SMILES string of the molecule is O=C(Nc1ccccc1N1CCCC1)N1CCN2CCCCC2C1.